The van der Waals surface area contributed by atoms with Crippen molar-refractivity contribution in [1.29, 1.82) is 0 Å². The summed E-state index contributed by atoms with van der Waals surface area (Å²) >= 11 is 0. The first-order valence-electron chi connectivity index (χ1n) is 13.9. The highest BCUT2D eigenvalue weighted by Gasteiger charge is 2.70. The van der Waals surface area contributed by atoms with Crippen molar-refractivity contribution in [2.45, 2.75) is 126 Å². The van der Waals surface area contributed by atoms with Crippen LogP contribution in [0.2, 0.25) is 0 Å². The maximum absolute atomic E-state index is 2.81. The van der Waals surface area contributed by atoms with E-state index < -0.39 is 0 Å². The molecule has 0 aliphatic heterocycles. The molecule has 5 aliphatic carbocycles. The van der Waals surface area contributed by atoms with E-state index in [0.717, 1.165) is 35.5 Å². The minimum absolute atomic E-state index is 0.561. The minimum Gasteiger partial charge on any atom is -0.0625 e. The van der Waals surface area contributed by atoms with Crippen molar-refractivity contribution in [3.05, 3.63) is 0 Å². The van der Waals surface area contributed by atoms with Crippen LogP contribution in [0.1, 0.15) is 126 Å². The van der Waals surface area contributed by atoms with Gasteiger partial charge >= 0.3 is 0 Å². The molecule has 0 N–H and O–H groups in total. The molecule has 0 heteroatoms. The molecular weight excluding hydrogens is 360 g/mol. The van der Waals surface area contributed by atoms with Gasteiger partial charge in [0.25, 0.3) is 0 Å². The van der Waals surface area contributed by atoms with Gasteiger partial charge in [-0.2, -0.15) is 0 Å². The molecule has 5 fully saturated rings. The molecule has 0 nitrogen and oxygen atoms in total. The van der Waals surface area contributed by atoms with E-state index in [2.05, 4.69) is 55.4 Å². The Kier molecular flexibility index (Phi) is 4.75. The molecule has 172 valence electrons. The Morgan fingerprint density at radius 2 is 1.17 bits per heavy atom. The standard InChI is InChI=1S/C30H52/c1-20(2)21-12-17-27(5)22(21)13-18-29(7)24(27)10-11-25-28(6)16-9-15-26(3,4)23(28)14-19-30(25,29)8/h20-25H,9-19H2,1-8H3/t21?,22-,23?,24?,25?,27+,28+,29-,30-/m1/s1. The van der Waals surface area contributed by atoms with Crippen LogP contribution in [0.25, 0.3) is 0 Å². The summed E-state index contributed by atoms with van der Waals surface area (Å²) in [5, 5.41) is 0. The maximum Gasteiger partial charge on any atom is -0.0235 e. The lowest BCUT2D eigenvalue weighted by Gasteiger charge is -2.73. The second kappa shape index (κ2) is 6.53. The van der Waals surface area contributed by atoms with Crippen molar-refractivity contribution >= 4 is 0 Å². The van der Waals surface area contributed by atoms with Crippen molar-refractivity contribution < 1.29 is 0 Å². The van der Waals surface area contributed by atoms with E-state index in [4.69, 9.17) is 0 Å². The number of rotatable bonds is 1. The SMILES string of the molecule is CC(C)C1CC[C@]2(C)C3CCC4[C@@]5(C)CCCC(C)(C)C5CC[C@@]4(C)[C@]3(C)CC[C@H]12. The van der Waals surface area contributed by atoms with E-state index >= 15 is 0 Å². The van der Waals surface area contributed by atoms with E-state index in [1.807, 2.05) is 0 Å². The minimum atomic E-state index is 0.561. The monoisotopic (exact) mass is 412 g/mol. The summed E-state index contributed by atoms with van der Waals surface area (Å²) in [5.74, 6) is 5.79. The Balaban J connectivity index is 1.52. The van der Waals surface area contributed by atoms with Crippen LogP contribution in [0.3, 0.4) is 0 Å². The fourth-order valence-electron chi connectivity index (χ4n) is 12.1. The average molecular weight is 413 g/mol. The second-order valence-corrected chi connectivity index (χ2v) is 15.1. The zero-order valence-electron chi connectivity index (χ0n) is 21.7. The van der Waals surface area contributed by atoms with Gasteiger partial charge in [0.15, 0.2) is 0 Å². The molecule has 0 aromatic heterocycles. The number of hydrogen-bond acceptors (Lipinski definition) is 0. The summed E-state index contributed by atoms with van der Waals surface area (Å²) in [7, 11) is 0. The van der Waals surface area contributed by atoms with E-state index in [-0.39, 0.29) is 0 Å². The van der Waals surface area contributed by atoms with Gasteiger partial charge in [-0.25, -0.2) is 0 Å². The third-order valence-electron chi connectivity index (χ3n) is 13.6. The topological polar surface area (TPSA) is 0 Å². The van der Waals surface area contributed by atoms with Crippen LogP contribution >= 0.6 is 0 Å². The van der Waals surface area contributed by atoms with Crippen molar-refractivity contribution in [2.24, 2.45) is 62.6 Å². The molecular formula is C30H52. The molecule has 9 atom stereocenters. The molecule has 5 saturated carbocycles. The van der Waals surface area contributed by atoms with Crippen molar-refractivity contribution in [2.75, 3.05) is 0 Å². The molecule has 0 bridgehead atoms. The van der Waals surface area contributed by atoms with Gasteiger partial charge in [0, 0.05) is 0 Å². The van der Waals surface area contributed by atoms with E-state index in [0.29, 0.717) is 27.1 Å². The van der Waals surface area contributed by atoms with Crippen molar-refractivity contribution in [1.82, 2.24) is 0 Å². The van der Waals surface area contributed by atoms with Gasteiger partial charge in [0.1, 0.15) is 0 Å². The molecule has 0 spiro atoms. The molecule has 0 heterocycles. The summed E-state index contributed by atoms with van der Waals surface area (Å²) in [6, 6.07) is 0. The molecule has 0 radical (unpaired) electrons. The third kappa shape index (κ3) is 2.52. The van der Waals surface area contributed by atoms with Crippen LogP contribution < -0.4 is 0 Å². The van der Waals surface area contributed by atoms with E-state index in [9.17, 15) is 0 Å². The first-order chi connectivity index (χ1) is 13.9. The van der Waals surface area contributed by atoms with Crippen LogP contribution in [-0.2, 0) is 0 Å². The average Bonchev–Trinajstić information content (AvgIpc) is 2.99. The largest absolute Gasteiger partial charge is 0.0625 e. The van der Waals surface area contributed by atoms with Crippen LogP contribution in [0.15, 0.2) is 0 Å². The van der Waals surface area contributed by atoms with Crippen LogP contribution in [0, 0.1) is 62.6 Å². The van der Waals surface area contributed by atoms with Gasteiger partial charge < -0.3 is 0 Å². The van der Waals surface area contributed by atoms with Gasteiger partial charge in [0.2, 0.25) is 0 Å². The molecule has 5 aliphatic rings. The van der Waals surface area contributed by atoms with Crippen molar-refractivity contribution in [3.8, 4) is 0 Å². The quantitative estimate of drug-likeness (QED) is 0.402. The Morgan fingerprint density at radius 1 is 0.567 bits per heavy atom. The number of hydrogen-bond donors (Lipinski definition) is 0. The highest BCUT2D eigenvalue weighted by atomic mass is 14.7. The first-order valence-corrected chi connectivity index (χ1v) is 13.9. The highest BCUT2D eigenvalue weighted by Crippen LogP contribution is 2.78. The molecule has 4 unspecified atom stereocenters. The summed E-state index contributed by atoms with van der Waals surface area (Å²) in [6.07, 6.45) is 16.6. The molecule has 0 aromatic rings. The van der Waals surface area contributed by atoms with Crippen LogP contribution in [-0.4, -0.2) is 0 Å². The summed E-state index contributed by atoms with van der Waals surface area (Å²) in [6.45, 7) is 21.4. The maximum atomic E-state index is 2.81. The van der Waals surface area contributed by atoms with E-state index in [1.165, 1.54) is 70.6 Å². The van der Waals surface area contributed by atoms with E-state index in [1.54, 1.807) is 0 Å². The Morgan fingerprint density at radius 3 is 1.80 bits per heavy atom. The summed E-state index contributed by atoms with van der Waals surface area (Å²) in [4.78, 5) is 0. The van der Waals surface area contributed by atoms with Crippen LogP contribution in [0.4, 0.5) is 0 Å². The summed E-state index contributed by atoms with van der Waals surface area (Å²) < 4.78 is 0. The van der Waals surface area contributed by atoms with Gasteiger partial charge in [-0.1, -0.05) is 61.8 Å². The number of fused-ring (bicyclic) bond motifs is 7. The molecule has 5 rings (SSSR count). The fraction of sp³-hybridized carbons (Fsp3) is 1.00. The van der Waals surface area contributed by atoms with Gasteiger partial charge in [-0.05, 0) is 127 Å². The lowest BCUT2D eigenvalue weighted by molar-refractivity contribution is -0.241. The molecule has 30 heavy (non-hydrogen) atoms. The fourth-order valence-corrected chi connectivity index (χ4v) is 12.1. The first kappa shape index (κ1) is 21.8. The van der Waals surface area contributed by atoms with Crippen molar-refractivity contribution in [3.63, 3.8) is 0 Å². The lowest BCUT2D eigenvalue weighted by atomic mass is 9.32. The third-order valence-corrected chi connectivity index (χ3v) is 13.6. The summed E-state index contributed by atoms with van der Waals surface area (Å²) in [5.41, 5.74) is 2.92. The molecule has 0 saturated heterocycles. The van der Waals surface area contributed by atoms with Gasteiger partial charge in [-0.15, -0.1) is 0 Å². The van der Waals surface area contributed by atoms with Crippen LogP contribution in [0.5, 0.6) is 0 Å². The van der Waals surface area contributed by atoms with Gasteiger partial charge in [0.05, 0.1) is 0 Å². The molecule has 0 amide bonds. The zero-order chi connectivity index (χ0) is 21.7. The smallest absolute Gasteiger partial charge is 0.0235 e. The Labute approximate surface area is 188 Å². The molecule has 0 aromatic carbocycles. The second-order valence-electron chi connectivity index (χ2n) is 15.1. The Bertz CT molecular complexity index is 688. The zero-order valence-corrected chi connectivity index (χ0v) is 21.7. The normalized spacial score (nSPS) is 57.3. The lowest BCUT2D eigenvalue weighted by Crippen LogP contribution is -2.65. The Hall–Kier alpha value is 0. The van der Waals surface area contributed by atoms with Gasteiger partial charge in [-0.3, -0.25) is 0 Å². The predicted octanol–water partition coefficient (Wildman–Crippen LogP) is 9.13. The predicted molar refractivity (Wildman–Crippen MR) is 129 cm³/mol. The highest BCUT2D eigenvalue weighted by molar-refractivity contribution is 5.18.